The molecule has 7 heteroatoms. The third-order valence-electron chi connectivity index (χ3n) is 5.45. The van der Waals surface area contributed by atoms with Crippen LogP contribution in [0.1, 0.15) is 40.5 Å². The molecule has 2 aliphatic rings. The van der Waals surface area contributed by atoms with Crippen molar-refractivity contribution in [3.63, 3.8) is 0 Å². The Hall–Kier alpha value is -1.11. The van der Waals surface area contributed by atoms with Crippen molar-refractivity contribution in [1.29, 1.82) is 0 Å². The number of alkyl halides is 1. The number of nitrogens with one attached hydrogen (secondary N) is 2. The molecule has 2 rings (SSSR count). The van der Waals surface area contributed by atoms with Gasteiger partial charge in [-0.15, -0.1) is 11.6 Å². The van der Waals surface area contributed by atoms with Crippen LogP contribution in [0, 0.1) is 10.8 Å². The fourth-order valence-electron chi connectivity index (χ4n) is 2.90. The Labute approximate surface area is 155 Å². The molecule has 0 radical (unpaired) electrons. The van der Waals surface area contributed by atoms with Crippen molar-refractivity contribution in [3.05, 3.63) is 41.1 Å². The highest BCUT2D eigenvalue weighted by Gasteiger charge is 2.36. The third-order valence-corrected chi connectivity index (χ3v) is 7.04. The molecule has 0 aromatic rings. The van der Waals surface area contributed by atoms with Crippen LogP contribution in [0.2, 0.25) is 0 Å². The van der Waals surface area contributed by atoms with Gasteiger partial charge in [-0.05, 0) is 23.7 Å². The summed E-state index contributed by atoms with van der Waals surface area (Å²) in [5, 5.41) is 8.59. The summed E-state index contributed by atoms with van der Waals surface area (Å²) in [4.78, 5) is 12.5. The summed E-state index contributed by atoms with van der Waals surface area (Å²) in [5.74, 6) is -0.265. The second-order valence-electron chi connectivity index (χ2n) is 8.09. The summed E-state index contributed by atoms with van der Waals surface area (Å²) in [6, 6.07) is -0.519. The van der Waals surface area contributed by atoms with E-state index in [9.17, 15) is 13.2 Å². The summed E-state index contributed by atoms with van der Waals surface area (Å²) < 4.78 is 22.9. The van der Waals surface area contributed by atoms with Crippen LogP contribution in [0.15, 0.2) is 36.0 Å². The quantitative estimate of drug-likeness (QED) is 0.593. The second-order valence-corrected chi connectivity index (χ2v) is 10.3. The van der Waals surface area contributed by atoms with Gasteiger partial charge in [-0.2, -0.15) is 0 Å². The molecule has 25 heavy (non-hydrogen) atoms. The van der Waals surface area contributed by atoms with Gasteiger partial charge in [0, 0.05) is 5.57 Å². The summed E-state index contributed by atoms with van der Waals surface area (Å²) in [7, 11) is -3.95. The molecule has 5 nitrogen and oxygen atoms in total. The van der Waals surface area contributed by atoms with Crippen molar-refractivity contribution >= 4 is 27.5 Å². The Bertz CT molecular complexity index is 734. The first kappa shape index (κ1) is 20.2. The van der Waals surface area contributed by atoms with Crippen LogP contribution in [-0.4, -0.2) is 31.0 Å². The monoisotopic (exact) mass is 385 g/mol. The van der Waals surface area contributed by atoms with Crippen molar-refractivity contribution in [2.45, 2.75) is 57.2 Å². The molecule has 0 saturated heterocycles. The maximum atomic E-state index is 12.5. The second kappa shape index (κ2) is 6.89. The standard InChI is InChI=1S/C18H27ClN2O3S/c1-17(2,3)18(4)9-7-12(8-10-18)16(22)21-15-11-13(25(20,23)24)5-6-14(15)19/h5-9,13-15H,10-11H2,1-4H3,(H3,20,21,22,23,24)/p-1. The Morgan fingerprint density at radius 3 is 2.48 bits per heavy atom. The molecule has 1 amide bonds. The van der Waals surface area contributed by atoms with E-state index in [2.05, 4.69) is 39.1 Å². The van der Waals surface area contributed by atoms with Gasteiger partial charge in [0.2, 0.25) is 0 Å². The molecule has 0 spiro atoms. The van der Waals surface area contributed by atoms with Gasteiger partial charge in [-0.3, -0.25) is 4.79 Å². The van der Waals surface area contributed by atoms with Crippen LogP contribution in [0.25, 0.3) is 5.14 Å². The van der Waals surface area contributed by atoms with Gasteiger partial charge in [0.15, 0.2) is 0 Å². The Kier molecular flexibility index (Phi) is 5.57. The van der Waals surface area contributed by atoms with Gasteiger partial charge >= 0.3 is 0 Å². The fraction of sp³-hybridized carbons (Fsp3) is 0.611. The lowest BCUT2D eigenvalue weighted by Gasteiger charge is -2.41. The molecule has 0 heterocycles. The molecule has 2 N–H and O–H groups in total. The molecule has 2 aliphatic carbocycles. The molecule has 0 aromatic carbocycles. The van der Waals surface area contributed by atoms with Gasteiger partial charge in [0.1, 0.15) is 0 Å². The number of rotatable bonds is 3. The van der Waals surface area contributed by atoms with Gasteiger partial charge in [0.25, 0.3) is 5.91 Å². The lowest BCUT2D eigenvalue weighted by Crippen LogP contribution is -2.46. The van der Waals surface area contributed by atoms with Crippen LogP contribution in [0.4, 0.5) is 0 Å². The molecule has 0 bridgehead atoms. The summed E-state index contributed by atoms with van der Waals surface area (Å²) >= 11 is 6.19. The highest BCUT2D eigenvalue weighted by Crippen LogP contribution is 2.45. The van der Waals surface area contributed by atoms with Crippen LogP contribution in [0.3, 0.4) is 0 Å². The fourth-order valence-corrected chi connectivity index (χ4v) is 3.91. The summed E-state index contributed by atoms with van der Waals surface area (Å²) in [5.41, 5.74) is 0.613. The molecule has 140 valence electrons. The minimum atomic E-state index is -3.95. The Morgan fingerprint density at radius 1 is 1.36 bits per heavy atom. The SMILES string of the molecule is CC(C)(C)C1(C)C=CC(C(=O)NC2CC(S([NH-])(=O)=O)C=CC2Cl)=CC1. The highest BCUT2D eigenvalue weighted by atomic mass is 35.5. The zero-order valence-electron chi connectivity index (χ0n) is 15.0. The predicted octanol–water partition coefficient (Wildman–Crippen LogP) is 3.73. The number of halogens is 1. The van der Waals surface area contributed by atoms with Gasteiger partial charge in [0.05, 0.1) is 26.7 Å². The number of amides is 1. The minimum absolute atomic E-state index is 0.0240. The normalized spacial score (nSPS) is 33.0. The molecule has 0 fully saturated rings. The average molecular weight is 386 g/mol. The Balaban J connectivity index is 2.06. The van der Waals surface area contributed by atoms with Crippen LogP contribution < -0.4 is 5.32 Å². The van der Waals surface area contributed by atoms with Crippen LogP contribution in [0.5, 0.6) is 0 Å². The van der Waals surface area contributed by atoms with Gasteiger partial charge < -0.3 is 10.5 Å². The average Bonchev–Trinajstić information content (AvgIpc) is 2.48. The maximum absolute atomic E-state index is 12.5. The minimum Gasteiger partial charge on any atom is -0.564 e. The molecular formula is C18H26ClN2O3S-. The van der Waals surface area contributed by atoms with Crippen LogP contribution in [-0.2, 0) is 14.8 Å². The van der Waals surface area contributed by atoms with Crippen molar-refractivity contribution in [3.8, 4) is 0 Å². The van der Waals surface area contributed by atoms with E-state index in [1.165, 1.54) is 12.2 Å². The molecule has 0 aliphatic heterocycles. The van der Waals surface area contributed by atoms with E-state index in [4.69, 9.17) is 16.7 Å². The number of hydrogen-bond acceptors (Lipinski definition) is 3. The van der Waals surface area contributed by atoms with Crippen molar-refractivity contribution in [1.82, 2.24) is 5.32 Å². The van der Waals surface area contributed by atoms with E-state index in [1.54, 1.807) is 0 Å². The number of sulfonamides is 1. The third kappa shape index (κ3) is 4.54. The lowest BCUT2D eigenvalue weighted by molar-refractivity contribution is -0.117. The number of hydrogen-bond donors (Lipinski definition) is 1. The van der Waals surface area contributed by atoms with E-state index < -0.39 is 26.7 Å². The number of carbonyl (C=O) groups is 1. The Morgan fingerprint density at radius 2 is 2.00 bits per heavy atom. The van der Waals surface area contributed by atoms with Crippen molar-refractivity contribution < 1.29 is 13.2 Å². The van der Waals surface area contributed by atoms with Crippen LogP contribution >= 0.6 is 11.6 Å². The summed E-state index contributed by atoms with van der Waals surface area (Å²) in [6.07, 6.45) is 9.64. The van der Waals surface area contributed by atoms with Crippen molar-refractivity contribution in [2.24, 2.45) is 10.8 Å². The lowest BCUT2D eigenvalue weighted by atomic mass is 9.64. The predicted molar refractivity (Wildman–Crippen MR) is 102 cm³/mol. The number of allylic oxidation sites excluding steroid dienone is 2. The topological polar surface area (TPSA) is 87.0 Å². The van der Waals surface area contributed by atoms with E-state index in [-0.39, 0.29) is 23.2 Å². The van der Waals surface area contributed by atoms with Crippen molar-refractivity contribution in [2.75, 3.05) is 0 Å². The first-order valence-electron chi connectivity index (χ1n) is 8.35. The largest absolute Gasteiger partial charge is 0.564 e. The smallest absolute Gasteiger partial charge is 0.251 e. The first-order valence-corrected chi connectivity index (χ1v) is 10.3. The van der Waals surface area contributed by atoms with E-state index in [0.717, 1.165) is 6.42 Å². The first-order chi connectivity index (χ1) is 11.3. The zero-order chi connectivity index (χ0) is 19.0. The maximum Gasteiger partial charge on any atom is 0.251 e. The zero-order valence-corrected chi connectivity index (χ0v) is 16.6. The van der Waals surface area contributed by atoms with Gasteiger partial charge in [-0.25, -0.2) is 8.42 Å². The number of carbonyl (C=O) groups excluding carboxylic acids is 1. The summed E-state index contributed by atoms with van der Waals surface area (Å²) in [6.45, 7) is 8.68. The van der Waals surface area contributed by atoms with E-state index >= 15 is 0 Å². The highest BCUT2D eigenvalue weighted by molar-refractivity contribution is 7.93. The van der Waals surface area contributed by atoms with E-state index in [1.807, 2.05) is 12.2 Å². The van der Waals surface area contributed by atoms with E-state index in [0.29, 0.717) is 5.57 Å². The molecule has 4 unspecified atom stereocenters. The molecule has 4 atom stereocenters. The van der Waals surface area contributed by atoms with Gasteiger partial charge in [-0.1, -0.05) is 58.1 Å². The molecule has 0 aromatic heterocycles. The molecular weight excluding hydrogens is 360 g/mol. The molecule has 0 saturated carbocycles.